The number of nitrogens with zero attached hydrogens (tertiary/aromatic N) is 2. The molecule has 124 valence electrons. The van der Waals surface area contributed by atoms with Crippen molar-refractivity contribution < 1.29 is 14.4 Å². The average Bonchev–Trinajstić information content (AvgIpc) is 3.19. The molecule has 1 aliphatic heterocycles. The maximum absolute atomic E-state index is 12.3. The van der Waals surface area contributed by atoms with Crippen LogP contribution in [0.25, 0.3) is 0 Å². The summed E-state index contributed by atoms with van der Waals surface area (Å²) in [6, 6.07) is 0.308. The largest absolute Gasteiger partial charge is 0.369 e. The first-order valence-electron chi connectivity index (χ1n) is 7.86. The van der Waals surface area contributed by atoms with E-state index in [1.54, 1.807) is 5.38 Å². The van der Waals surface area contributed by atoms with Gasteiger partial charge in [0, 0.05) is 24.4 Å². The molecule has 3 amide bonds. The van der Waals surface area contributed by atoms with Crippen molar-refractivity contribution in [2.75, 3.05) is 11.9 Å². The number of hydrogen-bond acceptors (Lipinski definition) is 5. The molecule has 2 fully saturated rings. The van der Waals surface area contributed by atoms with Crippen LogP contribution in [-0.4, -0.2) is 40.2 Å². The molecule has 0 spiro atoms. The summed E-state index contributed by atoms with van der Waals surface area (Å²) in [6.07, 6.45) is 4.73. The Morgan fingerprint density at radius 3 is 2.83 bits per heavy atom. The van der Waals surface area contributed by atoms with E-state index in [-0.39, 0.29) is 30.6 Å². The lowest BCUT2D eigenvalue weighted by Crippen LogP contribution is -2.35. The van der Waals surface area contributed by atoms with E-state index in [0.717, 1.165) is 25.7 Å². The minimum Gasteiger partial charge on any atom is -0.369 e. The van der Waals surface area contributed by atoms with Crippen LogP contribution < -0.4 is 11.1 Å². The van der Waals surface area contributed by atoms with E-state index < -0.39 is 5.91 Å². The molecule has 0 radical (unpaired) electrons. The van der Waals surface area contributed by atoms with Crippen LogP contribution in [0, 0.1) is 5.92 Å². The molecular weight excluding hydrogens is 316 g/mol. The second-order valence-corrected chi connectivity index (χ2v) is 7.02. The number of carbonyl (C=O) groups excluding carboxylic acids is 3. The molecule has 0 bridgehead atoms. The Kier molecular flexibility index (Phi) is 4.61. The minimum absolute atomic E-state index is 0.0593. The molecule has 8 heteroatoms. The van der Waals surface area contributed by atoms with Gasteiger partial charge in [-0.15, -0.1) is 11.3 Å². The fraction of sp³-hybridized carbons (Fsp3) is 0.600. The summed E-state index contributed by atoms with van der Waals surface area (Å²) in [4.78, 5) is 41.4. The Bertz CT molecular complexity index is 624. The summed E-state index contributed by atoms with van der Waals surface area (Å²) < 4.78 is 0. The first-order valence-corrected chi connectivity index (χ1v) is 8.74. The van der Waals surface area contributed by atoms with Gasteiger partial charge in [-0.1, -0.05) is 12.8 Å². The second-order valence-electron chi connectivity index (χ2n) is 6.16. The van der Waals surface area contributed by atoms with Crippen LogP contribution in [-0.2, 0) is 20.8 Å². The summed E-state index contributed by atoms with van der Waals surface area (Å²) in [5, 5.41) is 4.89. The molecule has 1 aromatic heterocycles. The lowest BCUT2D eigenvalue weighted by atomic mass is 10.1. The highest BCUT2D eigenvalue weighted by molar-refractivity contribution is 7.13. The zero-order chi connectivity index (χ0) is 16.4. The van der Waals surface area contributed by atoms with E-state index in [1.807, 2.05) is 4.90 Å². The van der Waals surface area contributed by atoms with Crippen LogP contribution in [0.4, 0.5) is 5.13 Å². The number of nitrogens with two attached hydrogens (primary N) is 1. The van der Waals surface area contributed by atoms with Crippen molar-refractivity contribution in [3.63, 3.8) is 0 Å². The molecule has 7 nitrogen and oxygen atoms in total. The SMILES string of the molecule is NC(=O)Cc1csc(NC(=O)[C@H]2CC(=O)N(C3CCCC3)C2)n1. The third-order valence-corrected chi connectivity index (χ3v) is 5.24. The van der Waals surface area contributed by atoms with E-state index in [2.05, 4.69) is 10.3 Å². The van der Waals surface area contributed by atoms with Gasteiger partial charge in [0.25, 0.3) is 0 Å². The van der Waals surface area contributed by atoms with Crippen molar-refractivity contribution >= 4 is 34.2 Å². The number of primary amides is 1. The molecule has 23 heavy (non-hydrogen) atoms. The fourth-order valence-electron chi connectivity index (χ4n) is 3.31. The number of amides is 3. The molecule has 3 rings (SSSR count). The normalized spacial score (nSPS) is 21.8. The van der Waals surface area contributed by atoms with Gasteiger partial charge in [0.05, 0.1) is 18.0 Å². The van der Waals surface area contributed by atoms with E-state index >= 15 is 0 Å². The maximum Gasteiger partial charge on any atom is 0.231 e. The summed E-state index contributed by atoms with van der Waals surface area (Å²) in [5.74, 6) is -0.891. The van der Waals surface area contributed by atoms with Crippen LogP contribution in [0.2, 0.25) is 0 Å². The van der Waals surface area contributed by atoms with E-state index in [4.69, 9.17) is 5.73 Å². The van der Waals surface area contributed by atoms with Gasteiger partial charge in [0.1, 0.15) is 0 Å². The van der Waals surface area contributed by atoms with E-state index in [0.29, 0.717) is 23.4 Å². The molecule has 1 atom stereocenters. The van der Waals surface area contributed by atoms with Crippen LogP contribution in [0.15, 0.2) is 5.38 Å². The highest BCUT2D eigenvalue weighted by Gasteiger charge is 2.38. The van der Waals surface area contributed by atoms with E-state index in [9.17, 15) is 14.4 Å². The molecule has 1 aliphatic carbocycles. The van der Waals surface area contributed by atoms with Crippen molar-refractivity contribution in [1.29, 1.82) is 0 Å². The number of aromatic nitrogens is 1. The molecular formula is C15H20N4O3S. The Hall–Kier alpha value is -1.96. The minimum atomic E-state index is -0.457. The van der Waals surface area contributed by atoms with Crippen molar-refractivity contribution in [1.82, 2.24) is 9.88 Å². The smallest absolute Gasteiger partial charge is 0.231 e. The molecule has 3 N–H and O–H groups in total. The Morgan fingerprint density at radius 2 is 2.13 bits per heavy atom. The van der Waals surface area contributed by atoms with Crippen molar-refractivity contribution in [2.45, 2.75) is 44.6 Å². The van der Waals surface area contributed by atoms with Gasteiger partial charge in [-0.25, -0.2) is 4.98 Å². The van der Waals surface area contributed by atoms with Gasteiger partial charge in [-0.3, -0.25) is 14.4 Å². The lowest BCUT2D eigenvalue weighted by molar-refractivity contribution is -0.130. The molecule has 0 unspecified atom stereocenters. The van der Waals surface area contributed by atoms with Crippen LogP contribution in [0.3, 0.4) is 0 Å². The number of anilines is 1. The standard InChI is InChI=1S/C15H20N4O3S/c16-12(20)6-10-8-23-15(17-10)18-14(22)9-5-13(21)19(7-9)11-3-1-2-4-11/h8-9,11H,1-7H2,(H2,16,20)(H,17,18,22)/t9-/m0/s1. The second kappa shape index (κ2) is 6.66. The van der Waals surface area contributed by atoms with Crippen molar-refractivity contribution in [3.05, 3.63) is 11.1 Å². The number of likely N-dealkylation sites (tertiary alicyclic amines) is 1. The predicted octanol–water partition coefficient (Wildman–Crippen LogP) is 0.900. The maximum atomic E-state index is 12.3. The highest BCUT2D eigenvalue weighted by atomic mass is 32.1. The van der Waals surface area contributed by atoms with Crippen LogP contribution >= 0.6 is 11.3 Å². The quantitative estimate of drug-likeness (QED) is 0.833. The summed E-state index contributed by atoms with van der Waals surface area (Å²) >= 11 is 1.26. The van der Waals surface area contributed by atoms with Gasteiger partial charge in [-0.05, 0) is 12.8 Å². The number of hydrogen-bond donors (Lipinski definition) is 2. The number of thiazole rings is 1. The van der Waals surface area contributed by atoms with Crippen LogP contribution in [0.1, 0.15) is 37.8 Å². The zero-order valence-corrected chi connectivity index (χ0v) is 13.6. The van der Waals surface area contributed by atoms with Gasteiger partial charge < -0.3 is 16.0 Å². The zero-order valence-electron chi connectivity index (χ0n) is 12.8. The summed E-state index contributed by atoms with van der Waals surface area (Å²) in [6.45, 7) is 0.495. The van der Waals surface area contributed by atoms with Gasteiger partial charge in [0.15, 0.2) is 5.13 Å². The molecule has 1 aromatic rings. The first-order chi connectivity index (χ1) is 11.0. The van der Waals surface area contributed by atoms with E-state index in [1.165, 1.54) is 11.3 Å². The molecule has 0 aromatic carbocycles. The summed E-state index contributed by atoms with van der Waals surface area (Å²) in [7, 11) is 0. The molecule has 1 saturated carbocycles. The monoisotopic (exact) mass is 336 g/mol. The Morgan fingerprint density at radius 1 is 1.39 bits per heavy atom. The van der Waals surface area contributed by atoms with Gasteiger partial charge in [-0.2, -0.15) is 0 Å². The topological polar surface area (TPSA) is 105 Å². The molecule has 1 saturated heterocycles. The summed E-state index contributed by atoms with van der Waals surface area (Å²) in [5.41, 5.74) is 5.67. The molecule has 2 heterocycles. The van der Waals surface area contributed by atoms with Gasteiger partial charge >= 0.3 is 0 Å². The lowest BCUT2D eigenvalue weighted by Gasteiger charge is -2.23. The van der Waals surface area contributed by atoms with Crippen LogP contribution in [0.5, 0.6) is 0 Å². The highest BCUT2D eigenvalue weighted by Crippen LogP contribution is 2.30. The first kappa shape index (κ1) is 15.9. The number of carbonyl (C=O) groups is 3. The predicted molar refractivity (Wildman–Crippen MR) is 85.7 cm³/mol. The van der Waals surface area contributed by atoms with Gasteiger partial charge in [0.2, 0.25) is 17.7 Å². The van der Waals surface area contributed by atoms with Crippen molar-refractivity contribution in [3.8, 4) is 0 Å². The number of nitrogens with one attached hydrogen (secondary N) is 1. The Labute approximate surface area is 138 Å². The number of rotatable bonds is 5. The average molecular weight is 336 g/mol. The Balaban J connectivity index is 1.57. The van der Waals surface area contributed by atoms with Crippen molar-refractivity contribution in [2.24, 2.45) is 11.7 Å². The molecule has 2 aliphatic rings. The third-order valence-electron chi connectivity index (χ3n) is 4.43. The third kappa shape index (κ3) is 3.69. The fourth-order valence-corrected chi connectivity index (χ4v) is 4.02.